The minimum Gasteiger partial charge on any atom is -0.490 e. The Hall–Kier alpha value is -2.40. The molecule has 2 aromatic carbocycles. The highest BCUT2D eigenvalue weighted by molar-refractivity contribution is 5.74. The minimum atomic E-state index is -0.255. The van der Waals surface area contributed by atoms with E-state index < -0.39 is 0 Å². The second-order valence-corrected chi connectivity index (χ2v) is 6.25. The monoisotopic (exact) mass is 325 g/mol. The van der Waals surface area contributed by atoms with Crippen LogP contribution in [0.4, 0.5) is 4.39 Å². The number of imidazole rings is 1. The van der Waals surface area contributed by atoms with Crippen molar-refractivity contribution in [2.24, 2.45) is 0 Å². The van der Waals surface area contributed by atoms with Gasteiger partial charge in [-0.1, -0.05) is 18.2 Å². The first-order valence-corrected chi connectivity index (χ1v) is 8.34. The lowest BCUT2D eigenvalue weighted by atomic mass is 10.1. The van der Waals surface area contributed by atoms with Crippen molar-refractivity contribution in [3.63, 3.8) is 0 Å². The molecule has 0 amide bonds. The van der Waals surface area contributed by atoms with Crippen molar-refractivity contribution in [1.82, 2.24) is 14.9 Å². The Balaban J connectivity index is 1.32. The maximum atomic E-state index is 13.2. The molecule has 0 unspecified atom stereocenters. The lowest BCUT2D eigenvalue weighted by Crippen LogP contribution is -2.38. The van der Waals surface area contributed by atoms with E-state index in [0.717, 1.165) is 49.3 Å². The Morgan fingerprint density at radius 2 is 1.96 bits per heavy atom. The van der Waals surface area contributed by atoms with E-state index in [1.165, 1.54) is 12.1 Å². The zero-order valence-electron chi connectivity index (χ0n) is 13.4. The van der Waals surface area contributed by atoms with Crippen LogP contribution in [0.5, 0.6) is 5.75 Å². The van der Waals surface area contributed by atoms with E-state index in [1.807, 2.05) is 30.3 Å². The molecule has 0 bridgehead atoms. The van der Waals surface area contributed by atoms with Gasteiger partial charge in [-0.05, 0) is 37.1 Å². The van der Waals surface area contributed by atoms with Gasteiger partial charge in [0.1, 0.15) is 23.5 Å². The standard InChI is InChI=1S/C19H20FN3O/c20-14-4-3-5-16(12-14)24-15-8-10-23(11-9-15)13-19-21-17-6-1-2-7-18(17)22-19/h1-7,12,15H,8-11,13H2,(H,21,22). The van der Waals surface area contributed by atoms with Crippen LogP contribution in [0.2, 0.25) is 0 Å². The first-order valence-electron chi connectivity index (χ1n) is 8.34. The molecule has 1 aromatic heterocycles. The van der Waals surface area contributed by atoms with Gasteiger partial charge in [-0.15, -0.1) is 0 Å². The van der Waals surface area contributed by atoms with E-state index in [1.54, 1.807) is 6.07 Å². The summed E-state index contributed by atoms with van der Waals surface area (Å²) >= 11 is 0. The van der Waals surface area contributed by atoms with Gasteiger partial charge in [-0.25, -0.2) is 9.37 Å². The average Bonchev–Trinajstić information content (AvgIpc) is 2.99. The number of fused-ring (bicyclic) bond motifs is 1. The summed E-state index contributed by atoms with van der Waals surface area (Å²) in [6, 6.07) is 14.5. The molecule has 2 heterocycles. The first-order chi connectivity index (χ1) is 11.8. The van der Waals surface area contributed by atoms with Crippen LogP contribution in [0.15, 0.2) is 48.5 Å². The van der Waals surface area contributed by atoms with E-state index >= 15 is 0 Å². The van der Waals surface area contributed by atoms with Crippen LogP contribution in [-0.2, 0) is 6.54 Å². The maximum absolute atomic E-state index is 13.2. The van der Waals surface area contributed by atoms with E-state index in [4.69, 9.17) is 4.74 Å². The molecule has 0 spiro atoms. The molecule has 24 heavy (non-hydrogen) atoms. The van der Waals surface area contributed by atoms with Crippen LogP contribution in [-0.4, -0.2) is 34.1 Å². The molecule has 4 rings (SSSR count). The summed E-state index contributed by atoms with van der Waals surface area (Å²) < 4.78 is 19.1. The number of H-pyrrole nitrogens is 1. The third-order valence-corrected chi connectivity index (χ3v) is 4.45. The normalized spacial score (nSPS) is 16.5. The number of halogens is 1. The number of nitrogens with zero attached hydrogens (tertiary/aromatic N) is 2. The summed E-state index contributed by atoms with van der Waals surface area (Å²) in [6.07, 6.45) is 2.03. The quantitative estimate of drug-likeness (QED) is 0.794. The van der Waals surface area contributed by atoms with Gasteiger partial charge in [0, 0.05) is 19.2 Å². The SMILES string of the molecule is Fc1cccc(OC2CCN(Cc3nc4ccccc4[nH]3)CC2)c1. The topological polar surface area (TPSA) is 41.1 Å². The largest absolute Gasteiger partial charge is 0.490 e. The molecule has 1 saturated heterocycles. The summed E-state index contributed by atoms with van der Waals surface area (Å²) in [5.74, 6) is 1.36. The van der Waals surface area contributed by atoms with Crippen molar-refractivity contribution in [3.8, 4) is 5.75 Å². The van der Waals surface area contributed by atoms with Gasteiger partial charge in [0.25, 0.3) is 0 Å². The predicted octanol–water partition coefficient (Wildman–Crippen LogP) is 3.75. The molecule has 0 radical (unpaired) electrons. The smallest absolute Gasteiger partial charge is 0.126 e. The fourth-order valence-corrected chi connectivity index (χ4v) is 3.21. The Morgan fingerprint density at radius 3 is 2.75 bits per heavy atom. The number of aromatic nitrogens is 2. The number of likely N-dealkylation sites (tertiary alicyclic amines) is 1. The van der Waals surface area contributed by atoms with Gasteiger partial charge in [0.15, 0.2) is 0 Å². The summed E-state index contributed by atoms with van der Waals surface area (Å²) in [5.41, 5.74) is 2.09. The molecule has 1 fully saturated rings. The fraction of sp³-hybridized carbons (Fsp3) is 0.316. The van der Waals surface area contributed by atoms with E-state index in [9.17, 15) is 4.39 Å². The Morgan fingerprint density at radius 1 is 1.12 bits per heavy atom. The number of para-hydroxylation sites is 2. The number of ether oxygens (including phenoxy) is 1. The highest BCUT2D eigenvalue weighted by Gasteiger charge is 2.21. The molecule has 4 nitrogen and oxygen atoms in total. The van der Waals surface area contributed by atoms with Crippen LogP contribution in [0.25, 0.3) is 11.0 Å². The first kappa shape index (κ1) is 15.1. The zero-order valence-corrected chi connectivity index (χ0v) is 13.4. The van der Waals surface area contributed by atoms with E-state index in [0.29, 0.717) is 5.75 Å². The lowest BCUT2D eigenvalue weighted by molar-refractivity contribution is 0.0953. The molecule has 1 aliphatic rings. The van der Waals surface area contributed by atoms with Gasteiger partial charge in [0.05, 0.1) is 17.6 Å². The number of nitrogens with one attached hydrogen (secondary N) is 1. The van der Waals surface area contributed by atoms with Crippen LogP contribution in [0, 0.1) is 5.82 Å². The fourth-order valence-electron chi connectivity index (χ4n) is 3.21. The number of benzene rings is 2. The summed E-state index contributed by atoms with van der Waals surface area (Å²) in [4.78, 5) is 10.4. The van der Waals surface area contributed by atoms with Crippen LogP contribution in [0.3, 0.4) is 0 Å². The van der Waals surface area contributed by atoms with Gasteiger partial charge < -0.3 is 9.72 Å². The second kappa shape index (κ2) is 6.61. The number of hydrogen-bond acceptors (Lipinski definition) is 3. The van der Waals surface area contributed by atoms with Crippen molar-refractivity contribution < 1.29 is 9.13 Å². The van der Waals surface area contributed by atoms with Gasteiger partial charge >= 0.3 is 0 Å². The average molecular weight is 325 g/mol. The molecular formula is C19H20FN3O. The number of hydrogen-bond donors (Lipinski definition) is 1. The Bertz CT molecular complexity index is 791. The molecule has 0 atom stereocenters. The number of piperidine rings is 1. The lowest BCUT2D eigenvalue weighted by Gasteiger charge is -2.31. The van der Waals surface area contributed by atoms with E-state index in [2.05, 4.69) is 14.9 Å². The molecule has 5 heteroatoms. The molecule has 3 aromatic rings. The maximum Gasteiger partial charge on any atom is 0.126 e. The molecule has 1 aliphatic heterocycles. The zero-order chi connectivity index (χ0) is 16.4. The van der Waals surface area contributed by atoms with Crippen molar-refractivity contribution in [1.29, 1.82) is 0 Å². The van der Waals surface area contributed by atoms with Gasteiger partial charge in [0.2, 0.25) is 0 Å². The van der Waals surface area contributed by atoms with Gasteiger partial charge in [-0.2, -0.15) is 0 Å². The molecule has 0 aliphatic carbocycles. The number of rotatable bonds is 4. The molecular weight excluding hydrogens is 305 g/mol. The predicted molar refractivity (Wildman–Crippen MR) is 91.4 cm³/mol. The van der Waals surface area contributed by atoms with Crippen molar-refractivity contribution in [2.45, 2.75) is 25.5 Å². The van der Waals surface area contributed by atoms with Crippen molar-refractivity contribution >= 4 is 11.0 Å². The van der Waals surface area contributed by atoms with Crippen molar-refractivity contribution in [2.75, 3.05) is 13.1 Å². The van der Waals surface area contributed by atoms with Crippen molar-refractivity contribution in [3.05, 3.63) is 60.2 Å². The van der Waals surface area contributed by atoms with Crippen LogP contribution in [0.1, 0.15) is 18.7 Å². The second-order valence-electron chi connectivity index (χ2n) is 6.25. The molecule has 1 N–H and O–H groups in total. The highest BCUT2D eigenvalue weighted by atomic mass is 19.1. The third kappa shape index (κ3) is 3.41. The van der Waals surface area contributed by atoms with Crippen LogP contribution >= 0.6 is 0 Å². The highest BCUT2D eigenvalue weighted by Crippen LogP contribution is 2.21. The van der Waals surface area contributed by atoms with Gasteiger partial charge in [-0.3, -0.25) is 4.90 Å². The third-order valence-electron chi connectivity index (χ3n) is 4.45. The summed E-state index contributed by atoms with van der Waals surface area (Å²) in [6.45, 7) is 2.73. The van der Waals surface area contributed by atoms with Crippen LogP contribution < -0.4 is 4.74 Å². The summed E-state index contributed by atoms with van der Waals surface area (Å²) in [7, 11) is 0. The Labute approximate surface area is 140 Å². The summed E-state index contributed by atoms with van der Waals surface area (Å²) in [5, 5.41) is 0. The van der Waals surface area contributed by atoms with E-state index in [-0.39, 0.29) is 11.9 Å². The molecule has 0 saturated carbocycles. The Kier molecular flexibility index (Phi) is 4.17. The number of aromatic amines is 1. The molecule has 124 valence electrons. The minimum absolute atomic E-state index is 0.152.